The number of amides is 1. The van der Waals surface area contributed by atoms with E-state index in [2.05, 4.69) is 36.3 Å². The summed E-state index contributed by atoms with van der Waals surface area (Å²) in [6.45, 7) is 10.2. The molecule has 1 aromatic carbocycles. The van der Waals surface area contributed by atoms with Gasteiger partial charge in [-0.1, -0.05) is 52.8 Å². The highest BCUT2D eigenvalue weighted by Gasteiger charge is 2.21. The molecule has 0 aliphatic heterocycles. The van der Waals surface area contributed by atoms with Crippen LogP contribution in [0.25, 0.3) is 0 Å². The van der Waals surface area contributed by atoms with E-state index in [4.69, 9.17) is 4.42 Å². The molecule has 5 heteroatoms. The van der Waals surface area contributed by atoms with Gasteiger partial charge >= 0.3 is 11.8 Å². The summed E-state index contributed by atoms with van der Waals surface area (Å²) in [6, 6.07) is 7.72. The van der Waals surface area contributed by atoms with Gasteiger partial charge in [-0.15, -0.1) is 10.2 Å². The van der Waals surface area contributed by atoms with Crippen molar-refractivity contribution in [1.82, 2.24) is 10.2 Å². The molecule has 0 atom stereocenters. The lowest BCUT2D eigenvalue weighted by molar-refractivity contribution is 0.0988. The molecule has 1 heterocycles. The average molecular weight is 287 g/mol. The number of nitrogens with one attached hydrogen (secondary N) is 1. The molecule has 0 unspecified atom stereocenters. The fourth-order valence-corrected chi connectivity index (χ4v) is 1.98. The standard InChI is InChI=1S/C16H21N3O2/c1-10(2)14-18-19-15(21-14)13(20)17-12-9-7-6-8-11(12)16(3,4)5/h6-10H,1-5H3,(H,17,20). The van der Waals surface area contributed by atoms with Crippen LogP contribution in [0.1, 0.15) is 62.7 Å². The summed E-state index contributed by atoms with van der Waals surface area (Å²) >= 11 is 0. The largest absolute Gasteiger partial charge is 0.417 e. The van der Waals surface area contributed by atoms with Crippen molar-refractivity contribution in [2.75, 3.05) is 5.32 Å². The molecular formula is C16H21N3O2. The van der Waals surface area contributed by atoms with E-state index in [-0.39, 0.29) is 23.1 Å². The van der Waals surface area contributed by atoms with Crippen LogP contribution in [0.15, 0.2) is 28.7 Å². The smallest absolute Gasteiger partial charge is 0.313 e. The van der Waals surface area contributed by atoms with Crippen molar-refractivity contribution < 1.29 is 9.21 Å². The Morgan fingerprint density at radius 1 is 1.19 bits per heavy atom. The highest BCUT2D eigenvalue weighted by Crippen LogP contribution is 2.29. The molecule has 0 saturated heterocycles. The normalized spacial score (nSPS) is 11.7. The van der Waals surface area contributed by atoms with E-state index in [1.165, 1.54) is 0 Å². The van der Waals surface area contributed by atoms with Crippen LogP contribution in [0.2, 0.25) is 0 Å². The summed E-state index contributed by atoms with van der Waals surface area (Å²) in [6.07, 6.45) is 0. The van der Waals surface area contributed by atoms with E-state index in [0.717, 1.165) is 11.3 Å². The average Bonchev–Trinajstić information content (AvgIpc) is 2.88. The molecule has 5 nitrogen and oxygen atoms in total. The van der Waals surface area contributed by atoms with Crippen molar-refractivity contribution in [2.45, 2.75) is 46.0 Å². The van der Waals surface area contributed by atoms with Crippen molar-refractivity contribution in [2.24, 2.45) is 0 Å². The minimum absolute atomic E-state index is 0.0117. The van der Waals surface area contributed by atoms with Crippen LogP contribution in [0.3, 0.4) is 0 Å². The lowest BCUT2D eigenvalue weighted by atomic mass is 9.86. The Bertz CT molecular complexity index is 639. The zero-order valence-electron chi connectivity index (χ0n) is 13.1. The van der Waals surface area contributed by atoms with E-state index < -0.39 is 0 Å². The van der Waals surface area contributed by atoms with Crippen LogP contribution in [0.5, 0.6) is 0 Å². The first-order chi connectivity index (χ1) is 9.79. The van der Waals surface area contributed by atoms with E-state index >= 15 is 0 Å². The molecule has 0 aliphatic rings. The second kappa shape index (κ2) is 5.68. The molecule has 21 heavy (non-hydrogen) atoms. The van der Waals surface area contributed by atoms with Crippen molar-refractivity contribution in [1.29, 1.82) is 0 Å². The molecule has 0 aliphatic carbocycles. The van der Waals surface area contributed by atoms with Gasteiger partial charge in [0.2, 0.25) is 5.89 Å². The number of hydrogen-bond donors (Lipinski definition) is 1. The lowest BCUT2D eigenvalue weighted by Crippen LogP contribution is -2.18. The van der Waals surface area contributed by atoms with Gasteiger partial charge in [-0.3, -0.25) is 4.79 Å². The number of para-hydroxylation sites is 1. The van der Waals surface area contributed by atoms with Crippen LogP contribution in [0.4, 0.5) is 5.69 Å². The molecule has 0 bridgehead atoms. The van der Waals surface area contributed by atoms with E-state index in [0.29, 0.717) is 5.89 Å². The van der Waals surface area contributed by atoms with Gasteiger partial charge in [-0.05, 0) is 17.0 Å². The second-order valence-electron chi connectivity index (χ2n) is 6.35. The predicted octanol–water partition coefficient (Wildman–Crippen LogP) is 3.74. The van der Waals surface area contributed by atoms with Crippen molar-refractivity contribution in [3.8, 4) is 0 Å². The number of carbonyl (C=O) groups is 1. The van der Waals surface area contributed by atoms with Gasteiger partial charge in [0, 0.05) is 11.6 Å². The maximum atomic E-state index is 12.2. The third-order valence-electron chi connectivity index (χ3n) is 3.11. The molecule has 0 fully saturated rings. The molecule has 1 aromatic heterocycles. The van der Waals surface area contributed by atoms with Crippen molar-refractivity contribution in [3.63, 3.8) is 0 Å². The van der Waals surface area contributed by atoms with Gasteiger partial charge < -0.3 is 9.73 Å². The lowest BCUT2D eigenvalue weighted by Gasteiger charge is -2.22. The SMILES string of the molecule is CC(C)c1nnc(C(=O)Nc2ccccc2C(C)(C)C)o1. The Hall–Kier alpha value is -2.17. The third-order valence-corrected chi connectivity index (χ3v) is 3.11. The molecule has 2 aromatic rings. The van der Waals surface area contributed by atoms with Crippen molar-refractivity contribution in [3.05, 3.63) is 41.6 Å². The van der Waals surface area contributed by atoms with Crippen LogP contribution in [-0.4, -0.2) is 16.1 Å². The fourth-order valence-electron chi connectivity index (χ4n) is 1.98. The summed E-state index contributed by atoms with van der Waals surface area (Å²) in [7, 11) is 0. The topological polar surface area (TPSA) is 68.0 Å². The Morgan fingerprint density at radius 3 is 2.43 bits per heavy atom. The molecular weight excluding hydrogens is 266 g/mol. The highest BCUT2D eigenvalue weighted by atomic mass is 16.4. The number of anilines is 1. The first-order valence-electron chi connectivity index (χ1n) is 7.03. The number of rotatable bonds is 3. The summed E-state index contributed by atoms with van der Waals surface area (Å²) in [5.41, 5.74) is 1.75. The van der Waals surface area contributed by atoms with Gasteiger partial charge in [0.25, 0.3) is 0 Å². The Morgan fingerprint density at radius 2 is 1.86 bits per heavy atom. The predicted molar refractivity (Wildman–Crippen MR) is 81.5 cm³/mol. The van der Waals surface area contributed by atoms with Gasteiger partial charge in [0.1, 0.15) is 0 Å². The van der Waals surface area contributed by atoms with Gasteiger partial charge in [-0.25, -0.2) is 0 Å². The number of nitrogens with zero attached hydrogens (tertiary/aromatic N) is 2. The van der Waals surface area contributed by atoms with E-state index in [1.54, 1.807) is 0 Å². The summed E-state index contributed by atoms with van der Waals surface area (Å²) in [5.74, 6) is 0.165. The minimum Gasteiger partial charge on any atom is -0.417 e. The Balaban J connectivity index is 2.24. The number of aromatic nitrogens is 2. The van der Waals surface area contributed by atoms with Crippen LogP contribution in [-0.2, 0) is 5.41 Å². The molecule has 1 N–H and O–H groups in total. The van der Waals surface area contributed by atoms with Crippen LogP contribution < -0.4 is 5.32 Å². The van der Waals surface area contributed by atoms with Crippen molar-refractivity contribution >= 4 is 11.6 Å². The second-order valence-corrected chi connectivity index (χ2v) is 6.35. The maximum absolute atomic E-state index is 12.2. The van der Waals surface area contributed by atoms with Gasteiger partial charge in [-0.2, -0.15) is 0 Å². The molecule has 2 rings (SSSR count). The molecule has 112 valence electrons. The van der Waals surface area contributed by atoms with Gasteiger partial charge in [0.15, 0.2) is 0 Å². The molecule has 0 radical (unpaired) electrons. The zero-order chi connectivity index (χ0) is 15.6. The number of carbonyl (C=O) groups excluding carboxylic acids is 1. The molecule has 1 amide bonds. The fraction of sp³-hybridized carbons (Fsp3) is 0.438. The number of benzene rings is 1. The summed E-state index contributed by atoms with van der Waals surface area (Å²) < 4.78 is 5.37. The van der Waals surface area contributed by atoms with E-state index in [9.17, 15) is 4.79 Å². The maximum Gasteiger partial charge on any atom is 0.313 e. The quantitative estimate of drug-likeness (QED) is 0.933. The first-order valence-corrected chi connectivity index (χ1v) is 7.03. The monoisotopic (exact) mass is 287 g/mol. The zero-order valence-corrected chi connectivity index (χ0v) is 13.1. The van der Waals surface area contributed by atoms with E-state index in [1.807, 2.05) is 38.1 Å². The first kappa shape index (κ1) is 15.2. The highest BCUT2D eigenvalue weighted by molar-refractivity contribution is 6.01. The van der Waals surface area contributed by atoms with Crippen LogP contribution >= 0.6 is 0 Å². The number of hydrogen-bond acceptors (Lipinski definition) is 4. The summed E-state index contributed by atoms with van der Waals surface area (Å²) in [5, 5.41) is 10.5. The van der Waals surface area contributed by atoms with Gasteiger partial charge in [0.05, 0.1) is 0 Å². The molecule has 0 saturated carbocycles. The molecule has 0 spiro atoms. The Labute approximate surface area is 124 Å². The third kappa shape index (κ3) is 3.48. The summed E-state index contributed by atoms with van der Waals surface area (Å²) in [4.78, 5) is 12.2. The van der Waals surface area contributed by atoms with Crippen LogP contribution in [0, 0.1) is 0 Å². The minimum atomic E-state index is -0.383. The Kier molecular flexibility index (Phi) is 4.11.